The fourth-order valence-electron chi connectivity index (χ4n) is 5.29. The smallest absolute Gasteiger partial charge is 0.339 e. The molecular formula is C30H29N3O7. The second-order valence-electron chi connectivity index (χ2n) is 9.19. The molecule has 5 rings (SSSR count). The van der Waals surface area contributed by atoms with Crippen molar-refractivity contribution in [2.75, 3.05) is 33.8 Å². The zero-order valence-electron chi connectivity index (χ0n) is 22.5. The summed E-state index contributed by atoms with van der Waals surface area (Å²) in [6, 6.07) is 17.1. The second-order valence-corrected chi connectivity index (χ2v) is 9.19. The van der Waals surface area contributed by atoms with Crippen LogP contribution in [0.3, 0.4) is 0 Å². The van der Waals surface area contributed by atoms with Crippen molar-refractivity contribution in [2.24, 2.45) is 0 Å². The number of para-hydroxylation sites is 2. The van der Waals surface area contributed by atoms with Gasteiger partial charge in [-0.2, -0.15) is 0 Å². The van der Waals surface area contributed by atoms with Gasteiger partial charge in [0.05, 0.1) is 39.7 Å². The number of aromatic nitrogens is 1. The predicted molar refractivity (Wildman–Crippen MR) is 148 cm³/mol. The lowest BCUT2D eigenvalue weighted by Crippen LogP contribution is -2.53. The number of nitrogens with one attached hydrogen (secondary N) is 2. The zero-order valence-corrected chi connectivity index (χ0v) is 22.5. The van der Waals surface area contributed by atoms with Gasteiger partial charge >= 0.3 is 18.0 Å². The van der Waals surface area contributed by atoms with E-state index in [1.807, 2.05) is 24.3 Å². The van der Waals surface area contributed by atoms with Gasteiger partial charge in [-0.25, -0.2) is 14.4 Å². The number of fused-ring (bicyclic) bond motifs is 3. The predicted octanol–water partition coefficient (Wildman–Crippen LogP) is 4.69. The molecule has 1 aliphatic rings. The molecule has 0 radical (unpaired) electrons. The van der Waals surface area contributed by atoms with Crippen molar-refractivity contribution in [2.45, 2.75) is 18.5 Å². The van der Waals surface area contributed by atoms with Gasteiger partial charge in [0, 0.05) is 28.6 Å². The van der Waals surface area contributed by atoms with Gasteiger partial charge in [-0.3, -0.25) is 4.90 Å². The fourth-order valence-corrected chi connectivity index (χ4v) is 5.29. The van der Waals surface area contributed by atoms with Crippen molar-refractivity contribution in [3.05, 3.63) is 89.1 Å². The number of hydrogen-bond donors (Lipinski definition) is 2. The molecule has 0 spiro atoms. The Morgan fingerprint density at radius 3 is 2.38 bits per heavy atom. The number of amides is 2. The van der Waals surface area contributed by atoms with Crippen molar-refractivity contribution in [3.8, 4) is 11.5 Å². The number of esters is 2. The number of carbonyl (C=O) groups excluding carboxylic acids is 3. The molecule has 40 heavy (non-hydrogen) atoms. The number of carbonyl (C=O) groups is 3. The summed E-state index contributed by atoms with van der Waals surface area (Å²) in [5, 5.41) is 3.77. The van der Waals surface area contributed by atoms with Gasteiger partial charge in [-0.05, 0) is 42.0 Å². The maximum absolute atomic E-state index is 14.2. The third kappa shape index (κ3) is 4.57. The minimum atomic E-state index is -0.997. The van der Waals surface area contributed by atoms with Crippen LogP contribution in [0.25, 0.3) is 10.9 Å². The summed E-state index contributed by atoms with van der Waals surface area (Å²) in [7, 11) is 5.64. The van der Waals surface area contributed by atoms with E-state index in [1.54, 1.807) is 49.6 Å². The van der Waals surface area contributed by atoms with E-state index >= 15 is 0 Å². The van der Waals surface area contributed by atoms with Gasteiger partial charge in [0.1, 0.15) is 23.6 Å². The van der Waals surface area contributed by atoms with Crippen LogP contribution in [0.15, 0.2) is 66.7 Å². The summed E-state index contributed by atoms with van der Waals surface area (Å²) in [5.41, 5.74) is 3.48. The molecule has 0 fully saturated rings. The topological polar surface area (TPSA) is 119 Å². The SMILES string of the molecule is COC(=O)c1ccccc1NC(=O)N1[C@@H](c2cc(OC)ccc2OC)c2[nH]c3ccccc3c2C[C@@H]1C(=O)OC. The lowest BCUT2D eigenvalue weighted by atomic mass is 9.87. The molecule has 0 unspecified atom stereocenters. The summed E-state index contributed by atoms with van der Waals surface area (Å²) >= 11 is 0. The number of aromatic amines is 1. The van der Waals surface area contributed by atoms with Crippen molar-refractivity contribution < 1.29 is 33.3 Å². The standard InChI is InChI=1S/C30H29N3O7/c1-37-17-13-14-25(38-2)21(15-17)27-26-20(18-9-5-7-11-22(18)31-26)16-24(29(35)40-4)33(27)30(36)32-23-12-8-6-10-19(23)28(34)39-3/h5-15,24,27,31H,16H2,1-4H3,(H,32,36)/t24-,27+/m1/s1. The summed E-state index contributed by atoms with van der Waals surface area (Å²) in [5.74, 6) is -0.152. The van der Waals surface area contributed by atoms with Gasteiger partial charge < -0.3 is 29.2 Å². The fraction of sp³-hybridized carbons (Fsp3) is 0.233. The van der Waals surface area contributed by atoms with Crippen LogP contribution in [0.2, 0.25) is 0 Å². The molecule has 10 nitrogen and oxygen atoms in total. The summed E-state index contributed by atoms with van der Waals surface area (Å²) in [6.07, 6.45) is 0.209. The van der Waals surface area contributed by atoms with Crippen LogP contribution in [0, 0.1) is 0 Å². The first-order valence-corrected chi connectivity index (χ1v) is 12.6. The Morgan fingerprint density at radius 1 is 0.900 bits per heavy atom. The Balaban J connectivity index is 1.73. The van der Waals surface area contributed by atoms with E-state index in [2.05, 4.69) is 10.3 Å². The highest BCUT2D eigenvalue weighted by Crippen LogP contribution is 2.45. The van der Waals surface area contributed by atoms with Gasteiger partial charge in [-0.1, -0.05) is 30.3 Å². The Kier molecular flexibility index (Phi) is 7.33. The van der Waals surface area contributed by atoms with Gasteiger partial charge in [0.15, 0.2) is 0 Å². The molecule has 10 heteroatoms. The van der Waals surface area contributed by atoms with E-state index in [4.69, 9.17) is 18.9 Å². The molecule has 206 valence electrons. The highest BCUT2D eigenvalue weighted by atomic mass is 16.5. The Bertz CT molecular complexity index is 1600. The van der Waals surface area contributed by atoms with Crippen molar-refractivity contribution in [3.63, 3.8) is 0 Å². The first kappa shape index (κ1) is 26.6. The molecule has 0 bridgehead atoms. The second kappa shape index (κ2) is 11.0. The van der Waals surface area contributed by atoms with Crippen LogP contribution in [-0.2, 0) is 20.7 Å². The van der Waals surface area contributed by atoms with E-state index in [1.165, 1.54) is 26.2 Å². The number of nitrogens with zero attached hydrogens (tertiary/aromatic N) is 1. The minimum absolute atomic E-state index is 0.173. The van der Waals surface area contributed by atoms with E-state index in [0.717, 1.165) is 22.2 Å². The molecule has 2 amide bonds. The molecular weight excluding hydrogens is 514 g/mol. The maximum Gasteiger partial charge on any atom is 0.339 e. The van der Waals surface area contributed by atoms with E-state index in [0.29, 0.717) is 17.1 Å². The van der Waals surface area contributed by atoms with Crippen LogP contribution in [-0.4, -0.2) is 62.3 Å². The minimum Gasteiger partial charge on any atom is -0.497 e. The number of H-pyrrole nitrogens is 1. The monoisotopic (exact) mass is 543 g/mol. The number of anilines is 1. The molecule has 1 aliphatic heterocycles. The third-order valence-corrected chi connectivity index (χ3v) is 7.14. The maximum atomic E-state index is 14.2. The van der Waals surface area contributed by atoms with Crippen molar-refractivity contribution in [1.82, 2.24) is 9.88 Å². The van der Waals surface area contributed by atoms with Crippen LogP contribution in [0.4, 0.5) is 10.5 Å². The largest absolute Gasteiger partial charge is 0.497 e. The highest BCUT2D eigenvalue weighted by molar-refractivity contribution is 6.02. The Morgan fingerprint density at radius 2 is 1.65 bits per heavy atom. The quantitative estimate of drug-likeness (QED) is 0.339. The van der Waals surface area contributed by atoms with Crippen LogP contribution < -0.4 is 14.8 Å². The number of ether oxygens (including phenoxy) is 4. The zero-order chi connectivity index (χ0) is 28.4. The van der Waals surface area contributed by atoms with E-state index < -0.39 is 30.1 Å². The summed E-state index contributed by atoms with van der Waals surface area (Å²) in [6.45, 7) is 0. The van der Waals surface area contributed by atoms with E-state index in [-0.39, 0.29) is 17.7 Å². The molecule has 0 saturated heterocycles. The number of hydrogen-bond acceptors (Lipinski definition) is 7. The lowest BCUT2D eigenvalue weighted by Gasteiger charge is -2.41. The number of methoxy groups -OCH3 is 4. The van der Waals surface area contributed by atoms with Crippen LogP contribution in [0.1, 0.15) is 33.2 Å². The molecule has 2 N–H and O–H groups in total. The average molecular weight is 544 g/mol. The average Bonchev–Trinajstić information content (AvgIpc) is 3.37. The van der Waals surface area contributed by atoms with Crippen LogP contribution in [0.5, 0.6) is 11.5 Å². The lowest BCUT2D eigenvalue weighted by molar-refractivity contribution is -0.146. The molecule has 0 aliphatic carbocycles. The van der Waals surface area contributed by atoms with Crippen molar-refractivity contribution >= 4 is 34.6 Å². The Labute approximate surface area is 230 Å². The first-order valence-electron chi connectivity index (χ1n) is 12.6. The van der Waals surface area contributed by atoms with Crippen LogP contribution >= 0.6 is 0 Å². The van der Waals surface area contributed by atoms with Crippen molar-refractivity contribution in [1.29, 1.82) is 0 Å². The van der Waals surface area contributed by atoms with E-state index in [9.17, 15) is 14.4 Å². The van der Waals surface area contributed by atoms with Gasteiger partial charge in [0.2, 0.25) is 0 Å². The Hall–Kier alpha value is -4.99. The normalized spacial score (nSPS) is 16.1. The highest BCUT2D eigenvalue weighted by Gasteiger charge is 2.45. The number of rotatable bonds is 6. The van der Waals surface area contributed by atoms with Gasteiger partial charge in [-0.15, -0.1) is 0 Å². The summed E-state index contributed by atoms with van der Waals surface area (Å²) < 4.78 is 21.3. The molecule has 0 saturated carbocycles. The number of benzene rings is 3. The molecule has 4 aromatic rings. The third-order valence-electron chi connectivity index (χ3n) is 7.14. The molecule has 1 aromatic heterocycles. The molecule has 2 heterocycles. The first-order chi connectivity index (χ1) is 19.4. The number of urea groups is 1. The summed E-state index contributed by atoms with van der Waals surface area (Å²) in [4.78, 5) is 44.8. The molecule has 3 aromatic carbocycles. The van der Waals surface area contributed by atoms with Gasteiger partial charge in [0.25, 0.3) is 0 Å². The molecule has 2 atom stereocenters.